The first-order valence-electron chi connectivity index (χ1n) is 10.1. The highest BCUT2D eigenvalue weighted by atomic mass is 16.2. The lowest BCUT2D eigenvalue weighted by Gasteiger charge is -2.44. The van der Waals surface area contributed by atoms with Crippen molar-refractivity contribution in [2.45, 2.75) is 56.9 Å². The predicted octanol–water partition coefficient (Wildman–Crippen LogP) is 4.46. The first-order chi connectivity index (χ1) is 12.2. The highest BCUT2D eigenvalue weighted by molar-refractivity contribution is 5.89. The summed E-state index contributed by atoms with van der Waals surface area (Å²) >= 11 is 0. The Labute approximate surface area is 150 Å². The minimum Gasteiger partial charge on any atom is -0.350 e. The lowest BCUT2D eigenvalue weighted by atomic mass is 9.78. The van der Waals surface area contributed by atoms with Gasteiger partial charge in [0.05, 0.1) is 0 Å². The third-order valence-corrected chi connectivity index (χ3v) is 6.96. The number of carbonyl (C=O) groups is 1. The van der Waals surface area contributed by atoms with Gasteiger partial charge in [-0.15, -0.1) is 0 Å². The van der Waals surface area contributed by atoms with Crippen LogP contribution in [-0.4, -0.2) is 28.0 Å². The van der Waals surface area contributed by atoms with Gasteiger partial charge in [-0.2, -0.15) is 0 Å². The third-order valence-electron chi connectivity index (χ3n) is 6.96. The molecule has 3 heteroatoms. The van der Waals surface area contributed by atoms with E-state index < -0.39 is 0 Å². The quantitative estimate of drug-likeness (QED) is 0.795. The van der Waals surface area contributed by atoms with E-state index in [2.05, 4.69) is 47.0 Å². The zero-order chi connectivity index (χ0) is 17.0. The molecule has 2 saturated carbocycles. The van der Waals surface area contributed by atoms with E-state index in [1.807, 2.05) is 0 Å². The van der Waals surface area contributed by atoms with Gasteiger partial charge in [0, 0.05) is 42.7 Å². The number of benzene rings is 1. The summed E-state index contributed by atoms with van der Waals surface area (Å²) in [7, 11) is 2.11. The first kappa shape index (κ1) is 15.5. The van der Waals surface area contributed by atoms with Crippen molar-refractivity contribution < 1.29 is 4.79 Å². The molecule has 0 spiro atoms. The van der Waals surface area contributed by atoms with Crippen molar-refractivity contribution in [1.29, 1.82) is 0 Å². The van der Waals surface area contributed by atoms with Crippen LogP contribution in [0.2, 0.25) is 0 Å². The van der Waals surface area contributed by atoms with E-state index in [1.54, 1.807) is 0 Å². The maximum absolute atomic E-state index is 13.3. The van der Waals surface area contributed by atoms with Gasteiger partial charge in [-0.05, 0) is 55.6 Å². The second kappa shape index (κ2) is 5.89. The summed E-state index contributed by atoms with van der Waals surface area (Å²) < 4.78 is 2.21. The molecule has 1 aromatic heterocycles. The Morgan fingerprint density at radius 2 is 1.88 bits per heavy atom. The van der Waals surface area contributed by atoms with Crippen LogP contribution in [0.25, 0.3) is 10.9 Å². The molecule has 1 saturated heterocycles. The summed E-state index contributed by atoms with van der Waals surface area (Å²) in [6.07, 6.45) is 11.1. The van der Waals surface area contributed by atoms with E-state index in [0.717, 1.165) is 18.9 Å². The topological polar surface area (TPSA) is 25.2 Å². The second-order valence-electron chi connectivity index (χ2n) is 8.45. The van der Waals surface area contributed by atoms with Crippen molar-refractivity contribution in [3.05, 3.63) is 36.0 Å². The van der Waals surface area contributed by atoms with Gasteiger partial charge in [0.15, 0.2) is 0 Å². The number of hydrogen-bond acceptors (Lipinski definition) is 1. The van der Waals surface area contributed by atoms with Gasteiger partial charge in [-0.3, -0.25) is 4.79 Å². The molecule has 2 aliphatic carbocycles. The largest absolute Gasteiger partial charge is 0.350 e. The smallest absolute Gasteiger partial charge is 0.226 e. The van der Waals surface area contributed by atoms with Crippen molar-refractivity contribution in [2.24, 2.45) is 18.9 Å². The van der Waals surface area contributed by atoms with Crippen molar-refractivity contribution in [3.63, 3.8) is 0 Å². The Morgan fingerprint density at radius 3 is 2.80 bits per heavy atom. The molecule has 1 amide bonds. The fourth-order valence-electron chi connectivity index (χ4n) is 5.59. The molecule has 132 valence electrons. The van der Waals surface area contributed by atoms with E-state index in [1.165, 1.54) is 55.0 Å². The molecular formula is C22H28N2O. The van der Waals surface area contributed by atoms with Crippen molar-refractivity contribution >= 4 is 16.8 Å². The molecule has 4 atom stereocenters. The molecule has 3 unspecified atom stereocenters. The van der Waals surface area contributed by atoms with Crippen molar-refractivity contribution in [2.75, 3.05) is 6.54 Å². The van der Waals surface area contributed by atoms with Gasteiger partial charge in [-0.25, -0.2) is 0 Å². The van der Waals surface area contributed by atoms with Gasteiger partial charge in [0.2, 0.25) is 5.91 Å². The summed E-state index contributed by atoms with van der Waals surface area (Å²) in [5.74, 6) is 1.89. The molecule has 3 aliphatic rings. The molecule has 0 radical (unpaired) electrons. The van der Waals surface area contributed by atoms with Gasteiger partial charge in [-0.1, -0.05) is 31.0 Å². The molecular weight excluding hydrogens is 308 g/mol. The zero-order valence-electron chi connectivity index (χ0n) is 15.2. The zero-order valence-corrected chi connectivity index (χ0v) is 15.2. The third kappa shape index (κ3) is 2.51. The van der Waals surface area contributed by atoms with Gasteiger partial charge in [0.1, 0.15) is 0 Å². The molecule has 3 nitrogen and oxygen atoms in total. The number of aromatic nitrogens is 1. The number of amides is 1. The lowest BCUT2D eigenvalue weighted by molar-refractivity contribution is -0.139. The Morgan fingerprint density at radius 1 is 1.08 bits per heavy atom. The molecule has 1 aromatic carbocycles. The average Bonchev–Trinajstić information content (AvgIpc) is 3.39. The van der Waals surface area contributed by atoms with Crippen LogP contribution in [0, 0.1) is 11.8 Å². The second-order valence-corrected chi connectivity index (χ2v) is 8.45. The van der Waals surface area contributed by atoms with Gasteiger partial charge in [0.25, 0.3) is 0 Å². The fourth-order valence-corrected chi connectivity index (χ4v) is 5.59. The molecule has 2 heterocycles. The molecule has 0 N–H and O–H groups in total. The standard InChI is InChI=1S/C22H28N2O/c1-23-14-19(16-9-3-5-11-21(16)23)17-13-18(17)22(25)24-12-6-8-15-7-2-4-10-20(15)24/h3,5,9,11,14-15,17-18,20H,2,4,6-8,10,12-13H2,1H3/t15?,17-,18?,20?/m0/s1. The molecule has 25 heavy (non-hydrogen) atoms. The number of rotatable bonds is 2. The summed E-state index contributed by atoms with van der Waals surface area (Å²) in [6.45, 7) is 0.999. The van der Waals surface area contributed by atoms with E-state index in [4.69, 9.17) is 0 Å². The fraction of sp³-hybridized carbons (Fsp3) is 0.591. The van der Waals surface area contributed by atoms with E-state index >= 15 is 0 Å². The number of nitrogens with zero attached hydrogens (tertiary/aromatic N) is 2. The van der Waals surface area contributed by atoms with Crippen LogP contribution in [0.15, 0.2) is 30.5 Å². The molecule has 3 fully saturated rings. The Bertz CT molecular complexity index is 805. The van der Waals surface area contributed by atoms with Crippen LogP contribution in [-0.2, 0) is 11.8 Å². The number of likely N-dealkylation sites (tertiary alicyclic amines) is 1. The number of carbonyl (C=O) groups excluding carboxylic acids is 1. The minimum atomic E-state index is 0.228. The Hall–Kier alpha value is -1.77. The maximum atomic E-state index is 13.3. The van der Waals surface area contributed by atoms with Crippen LogP contribution in [0.1, 0.15) is 56.4 Å². The Kier molecular flexibility index (Phi) is 3.65. The average molecular weight is 336 g/mol. The van der Waals surface area contributed by atoms with Crippen LogP contribution in [0.5, 0.6) is 0 Å². The molecule has 2 aromatic rings. The van der Waals surface area contributed by atoms with E-state index in [-0.39, 0.29) is 5.92 Å². The van der Waals surface area contributed by atoms with Gasteiger partial charge >= 0.3 is 0 Å². The summed E-state index contributed by atoms with van der Waals surface area (Å²) in [4.78, 5) is 15.6. The highest BCUT2D eigenvalue weighted by Crippen LogP contribution is 2.51. The molecule has 5 rings (SSSR count). The van der Waals surface area contributed by atoms with Crippen LogP contribution in [0.4, 0.5) is 0 Å². The lowest BCUT2D eigenvalue weighted by Crippen LogP contribution is -2.50. The maximum Gasteiger partial charge on any atom is 0.226 e. The summed E-state index contributed by atoms with van der Waals surface area (Å²) in [5, 5.41) is 1.33. The van der Waals surface area contributed by atoms with Crippen molar-refractivity contribution in [3.8, 4) is 0 Å². The highest BCUT2D eigenvalue weighted by Gasteiger charge is 2.49. The number of aryl methyl sites for hydroxylation is 1. The van der Waals surface area contributed by atoms with Crippen LogP contribution < -0.4 is 0 Å². The number of hydrogen-bond donors (Lipinski definition) is 0. The monoisotopic (exact) mass is 336 g/mol. The first-order valence-corrected chi connectivity index (χ1v) is 10.1. The molecule has 1 aliphatic heterocycles. The number of piperidine rings is 1. The van der Waals surface area contributed by atoms with Crippen molar-refractivity contribution in [1.82, 2.24) is 9.47 Å². The van der Waals surface area contributed by atoms with E-state index in [0.29, 0.717) is 17.9 Å². The summed E-state index contributed by atoms with van der Waals surface area (Å²) in [6, 6.07) is 9.14. The van der Waals surface area contributed by atoms with E-state index in [9.17, 15) is 4.79 Å². The predicted molar refractivity (Wildman–Crippen MR) is 100 cm³/mol. The number of fused-ring (bicyclic) bond motifs is 2. The Balaban J connectivity index is 1.37. The SMILES string of the molecule is Cn1cc([C@H]2CC2C(=O)N2CCCC3CCCCC32)c2ccccc21. The number of para-hydroxylation sites is 1. The molecule has 0 bridgehead atoms. The van der Waals surface area contributed by atoms with Gasteiger partial charge < -0.3 is 9.47 Å². The van der Waals surface area contributed by atoms with Crippen LogP contribution in [0.3, 0.4) is 0 Å². The minimum absolute atomic E-state index is 0.228. The van der Waals surface area contributed by atoms with Crippen LogP contribution >= 0.6 is 0 Å². The summed E-state index contributed by atoms with van der Waals surface area (Å²) in [5.41, 5.74) is 2.66. The normalized spacial score (nSPS) is 31.8.